The van der Waals surface area contributed by atoms with E-state index in [1.54, 1.807) is 0 Å². The molecule has 1 fully saturated rings. The van der Waals surface area contributed by atoms with Gasteiger partial charge >= 0.3 is 0 Å². The highest BCUT2D eigenvalue weighted by atomic mass is 15.2. The van der Waals surface area contributed by atoms with Gasteiger partial charge in [0.15, 0.2) is 0 Å². The molecule has 4 nitrogen and oxygen atoms in total. The van der Waals surface area contributed by atoms with Crippen LogP contribution in [0.4, 0.5) is 5.95 Å². The minimum Gasteiger partial charge on any atom is -0.353 e. The maximum absolute atomic E-state index is 4.47. The largest absolute Gasteiger partial charge is 0.353 e. The first-order chi connectivity index (χ1) is 9.42. The molecular weight excluding hydrogens is 236 g/mol. The van der Waals surface area contributed by atoms with Crippen LogP contribution in [-0.4, -0.2) is 21.7 Å². The lowest BCUT2D eigenvalue weighted by Gasteiger charge is -2.21. The molecule has 0 radical (unpaired) electrons. The monoisotopic (exact) mass is 256 g/mol. The third-order valence-corrected chi connectivity index (χ3v) is 3.92. The van der Waals surface area contributed by atoms with E-state index in [1.807, 2.05) is 24.3 Å². The molecular formula is C15H20N4. The summed E-state index contributed by atoms with van der Waals surface area (Å²) in [7, 11) is 0. The Morgan fingerprint density at radius 2 is 1.79 bits per heavy atom. The summed E-state index contributed by atoms with van der Waals surface area (Å²) >= 11 is 0. The fourth-order valence-electron chi connectivity index (χ4n) is 2.82. The molecule has 1 aliphatic rings. The van der Waals surface area contributed by atoms with Gasteiger partial charge in [0.25, 0.3) is 0 Å². The summed E-state index contributed by atoms with van der Waals surface area (Å²) in [5.74, 6) is 1.53. The third kappa shape index (κ3) is 3.19. The van der Waals surface area contributed by atoms with Crippen molar-refractivity contribution in [3.05, 3.63) is 24.3 Å². The maximum atomic E-state index is 4.47. The van der Waals surface area contributed by atoms with Gasteiger partial charge in [-0.25, -0.2) is 4.98 Å². The van der Waals surface area contributed by atoms with Gasteiger partial charge in [0.05, 0.1) is 5.52 Å². The van der Waals surface area contributed by atoms with Crippen LogP contribution in [0.3, 0.4) is 0 Å². The topological polar surface area (TPSA) is 50.7 Å². The highest BCUT2D eigenvalue weighted by Gasteiger charge is 2.12. The number of fused-ring (bicyclic) bond motifs is 1. The molecule has 1 aromatic heterocycles. The van der Waals surface area contributed by atoms with Crippen molar-refractivity contribution in [2.45, 2.75) is 38.5 Å². The highest BCUT2D eigenvalue weighted by Crippen LogP contribution is 2.26. The molecule has 100 valence electrons. The Morgan fingerprint density at radius 3 is 2.63 bits per heavy atom. The molecule has 1 heterocycles. The van der Waals surface area contributed by atoms with E-state index in [1.165, 1.54) is 38.5 Å². The van der Waals surface area contributed by atoms with Crippen molar-refractivity contribution in [1.29, 1.82) is 0 Å². The zero-order valence-corrected chi connectivity index (χ0v) is 11.2. The lowest BCUT2D eigenvalue weighted by atomic mass is 9.87. The van der Waals surface area contributed by atoms with Crippen LogP contribution in [0.15, 0.2) is 24.3 Å². The fraction of sp³-hybridized carbons (Fsp3) is 0.533. The Kier molecular flexibility index (Phi) is 3.86. The Morgan fingerprint density at radius 1 is 1.00 bits per heavy atom. The molecule has 3 rings (SSSR count). The van der Waals surface area contributed by atoms with Gasteiger partial charge in [-0.1, -0.05) is 44.2 Å². The predicted octanol–water partition coefficient (Wildman–Crippen LogP) is 3.41. The van der Waals surface area contributed by atoms with Crippen LogP contribution in [0.5, 0.6) is 0 Å². The first-order valence-corrected chi connectivity index (χ1v) is 7.25. The average Bonchev–Trinajstić information content (AvgIpc) is 2.48. The van der Waals surface area contributed by atoms with Gasteiger partial charge in [0.2, 0.25) is 5.95 Å². The summed E-state index contributed by atoms with van der Waals surface area (Å²) < 4.78 is 0. The lowest BCUT2D eigenvalue weighted by Crippen LogP contribution is -2.13. The Balaban J connectivity index is 1.56. The number of aromatic nitrogens is 3. The average molecular weight is 256 g/mol. The van der Waals surface area contributed by atoms with E-state index < -0.39 is 0 Å². The molecule has 1 saturated carbocycles. The summed E-state index contributed by atoms with van der Waals surface area (Å²) in [6.45, 7) is 0.949. The number of benzene rings is 1. The standard InChI is InChI=1S/C15H20N4/c1-2-6-12(7-3-1)10-11-16-15-17-13-8-4-5-9-14(13)18-19-15/h4-5,8-9,12H,1-3,6-7,10-11H2,(H,16,17,19). The predicted molar refractivity (Wildman–Crippen MR) is 77.0 cm³/mol. The van der Waals surface area contributed by atoms with Crippen LogP contribution >= 0.6 is 0 Å². The number of nitrogens with one attached hydrogen (secondary N) is 1. The van der Waals surface area contributed by atoms with Gasteiger partial charge in [-0.3, -0.25) is 0 Å². The number of nitrogens with zero attached hydrogens (tertiary/aromatic N) is 3. The minimum atomic E-state index is 0.648. The molecule has 1 aliphatic carbocycles. The van der Waals surface area contributed by atoms with Gasteiger partial charge in [0, 0.05) is 6.54 Å². The lowest BCUT2D eigenvalue weighted by molar-refractivity contribution is 0.345. The molecule has 0 aliphatic heterocycles. The van der Waals surface area contributed by atoms with Crippen LogP contribution in [-0.2, 0) is 0 Å². The van der Waals surface area contributed by atoms with Gasteiger partial charge in [0.1, 0.15) is 5.52 Å². The normalized spacial score (nSPS) is 16.6. The van der Waals surface area contributed by atoms with Gasteiger partial charge < -0.3 is 5.32 Å². The molecule has 2 aromatic rings. The molecule has 0 unspecified atom stereocenters. The maximum Gasteiger partial charge on any atom is 0.243 e. The first kappa shape index (κ1) is 12.3. The summed E-state index contributed by atoms with van der Waals surface area (Å²) in [5, 5.41) is 11.6. The number of rotatable bonds is 4. The number of para-hydroxylation sites is 1. The molecule has 1 aromatic carbocycles. The van der Waals surface area contributed by atoms with Crippen molar-refractivity contribution in [3.8, 4) is 0 Å². The van der Waals surface area contributed by atoms with Crippen molar-refractivity contribution < 1.29 is 0 Å². The molecule has 0 spiro atoms. The van der Waals surface area contributed by atoms with Gasteiger partial charge in [-0.15, -0.1) is 10.2 Å². The number of hydrogen-bond acceptors (Lipinski definition) is 4. The minimum absolute atomic E-state index is 0.648. The summed E-state index contributed by atoms with van der Waals surface area (Å²) in [4.78, 5) is 4.47. The van der Waals surface area contributed by atoms with E-state index in [-0.39, 0.29) is 0 Å². The van der Waals surface area contributed by atoms with Gasteiger partial charge in [-0.2, -0.15) is 0 Å². The van der Waals surface area contributed by atoms with E-state index in [4.69, 9.17) is 0 Å². The number of hydrogen-bond donors (Lipinski definition) is 1. The van der Waals surface area contributed by atoms with E-state index in [9.17, 15) is 0 Å². The summed E-state index contributed by atoms with van der Waals surface area (Å²) in [5.41, 5.74) is 1.75. The molecule has 0 amide bonds. The van der Waals surface area contributed by atoms with Crippen LogP contribution in [0.2, 0.25) is 0 Å². The molecule has 0 atom stereocenters. The van der Waals surface area contributed by atoms with Crippen molar-refractivity contribution in [2.24, 2.45) is 5.92 Å². The van der Waals surface area contributed by atoms with E-state index >= 15 is 0 Å². The quantitative estimate of drug-likeness (QED) is 0.910. The van der Waals surface area contributed by atoms with Crippen LogP contribution in [0.25, 0.3) is 11.0 Å². The molecule has 19 heavy (non-hydrogen) atoms. The Hall–Kier alpha value is -1.71. The second-order valence-electron chi connectivity index (χ2n) is 5.34. The second kappa shape index (κ2) is 5.95. The van der Waals surface area contributed by atoms with Gasteiger partial charge in [-0.05, 0) is 24.5 Å². The Labute approximate surface area is 113 Å². The number of anilines is 1. The van der Waals surface area contributed by atoms with E-state index in [2.05, 4.69) is 20.5 Å². The SMILES string of the molecule is c1ccc2nc(NCCC3CCCCC3)nnc2c1. The van der Waals surface area contributed by atoms with E-state index in [0.717, 1.165) is 23.5 Å². The van der Waals surface area contributed by atoms with Crippen LogP contribution in [0, 0.1) is 5.92 Å². The van der Waals surface area contributed by atoms with Crippen LogP contribution < -0.4 is 5.32 Å². The smallest absolute Gasteiger partial charge is 0.243 e. The summed E-state index contributed by atoms with van der Waals surface area (Å²) in [6.07, 6.45) is 8.21. The van der Waals surface area contributed by atoms with Crippen molar-refractivity contribution >= 4 is 17.0 Å². The third-order valence-electron chi connectivity index (χ3n) is 3.92. The van der Waals surface area contributed by atoms with Crippen LogP contribution in [0.1, 0.15) is 38.5 Å². The van der Waals surface area contributed by atoms with Crippen molar-refractivity contribution in [2.75, 3.05) is 11.9 Å². The highest BCUT2D eigenvalue weighted by molar-refractivity contribution is 5.73. The zero-order valence-electron chi connectivity index (χ0n) is 11.2. The van der Waals surface area contributed by atoms with Crippen molar-refractivity contribution in [3.63, 3.8) is 0 Å². The van der Waals surface area contributed by atoms with E-state index in [0.29, 0.717) is 5.95 Å². The molecule has 0 saturated heterocycles. The van der Waals surface area contributed by atoms with Crippen molar-refractivity contribution in [1.82, 2.24) is 15.2 Å². The molecule has 0 bridgehead atoms. The fourth-order valence-corrected chi connectivity index (χ4v) is 2.82. The molecule has 1 N–H and O–H groups in total. The second-order valence-corrected chi connectivity index (χ2v) is 5.34. The zero-order chi connectivity index (χ0) is 12.9. The Bertz CT molecular complexity index is 534. The first-order valence-electron chi connectivity index (χ1n) is 7.25. The molecule has 4 heteroatoms. The summed E-state index contributed by atoms with van der Waals surface area (Å²) in [6, 6.07) is 7.83.